The molecule has 1 fully saturated rings. The van der Waals surface area contributed by atoms with Crippen LogP contribution in [0.25, 0.3) is 0 Å². The van der Waals surface area contributed by atoms with Crippen molar-refractivity contribution < 1.29 is 14.0 Å². The maximum atomic E-state index is 15.1. The highest BCUT2D eigenvalue weighted by Crippen LogP contribution is 2.59. The summed E-state index contributed by atoms with van der Waals surface area (Å²) in [5.74, 6) is -1.24. The van der Waals surface area contributed by atoms with Crippen molar-refractivity contribution in [1.82, 2.24) is 15.6 Å². The Bertz CT molecular complexity index is 1170. The Kier molecular flexibility index (Phi) is 5.96. The summed E-state index contributed by atoms with van der Waals surface area (Å²) in [5.41, 5.74) is 6.17. The van der Waals surface area contributed by atoms with Gasteiger partial charge in [0, 0.05) is 23.5 Å². The molecule has 2 heterocycles. The summed E-state index contributed by atoms with van der Waals surface area (Å²) >= 11 is 6.94. The van der Waals surface area contributed by atoms with Crippen molar-refractivity contribution in [3.8, 4) is 0 Å². The number of hydrogen-bond donors (Lipinski definition) is 3. The van der Waals surface area contributed by atoms with Gasteiger partial charge in [-0.05, 0) is 56.5 Å². The van der Waals surface area contributed by atoms with Crippen LogP contribution < -0.4 is 16.4 Å². The number of fused-ring (bicyclic) bond motifs is 1. The summed E-state index contributed by atoms with van der Waals surface area (Å²) in [6.45, 7) is 7.20. The van der Waals surface area contributed by atoms with E-state index in [4.69, 9.17) is 17.3 Å². The molecule has 1 aromatic rings. The number of allylic oxidation sites excluding steroid dienone is 3. The van der Waals surface area contributed by atoms with Gasteiger partial charge in [-0.2, -0.15) is 0 Å². The number of carbonyl (C=O) groups is 2. The normalized spacial score (nSPS) is 26.5. The minimum Gasteiger partial charge on any atom is -0.378 e. The van der Waals surface area contributed by atoms with Crippen molar-refractivity contribution in [2.45, 2.75) is 43.0 Å². The summed E-state index contributed by atoms with van der Waals surface area (Å²) < 4.78 is 14.2. The van der Waals surface area contributed by atoms with Crippen molar-refractivity contribution in [1.29, 1.82) is 0 Å². The number of rotatable bonds is 7. The van der Waals surface area contributed by atoms with Crippen LogP contribution in [0.1, 0.15) is 37.2 Å². The number of amidine groups is 1. The number of amides is 2. The van der Waals surface area contributed by atoms with Crippen LogP contribution >= 0.6 is 23.4 Å². The Morgan fingerprint density at radius 1 is 1.36 bits per heavy atom. The number of nitrogens with zero attached hydrogens (tertiary/aromatic N) is 2. The fourth-order valence-electron chi connectivity index (χ4n) is 3.53. The van der Waals surface area contributed by atoms with Gasteiger partial charge >= 0.3 is 0 Å². The average Bonchev–Trinajstić information content (AvgIpc) is 3.68. The number of nitrogens with two attached hydrogens (primary N) is 1. The first-order valence-electron chi connectivity index (χ1n) is 10.3. The quantitative estimate of drug-likeness (QED) is 0.402. The molecule has 172 valence electrons. The average molecular weight is 488 g/mol. The number of thioether (sulfide) groups is 1. The van der Waals surface area contributed by atoms with Crippen LogP contribution in [0.3, 0.4) is 0 Å². The van der Waals surface area contributed by atoms with Crippen LogP contribution in [0.4, 0.5) is 4.39 Å². The molecule has 4 rings (SSSR count). The lowest BCUT2D eigenvalue weighted by Gasteiger charge is -2.33. The first-order chi connectivity index (χ1) is 15.5. The fraction of sp³-hybridized carbons (Fsp3) is 0.304. The maximum absolute atomic E-state index is 15.1. The monoisotopic (exact) mass is 487 g/mol. The van der Waals surface area contributed by atoms with Gasteiger partial charge in [-0.15, -0.1) is 0 Å². The Morgan fingerprint density at radius 2 is 2.09 bits per heavy atom. The van der Waals surface area contributed by atoms with Gasteiger partial charge in [-0.25, -0.2) is 14.4 Å². The first kappa shape index (κ1) is 23.3. The summed E-state index contributed by atoms with van der Waals surface area (Å²) in [5, 5.41) is 6.23. The van der Waals surface area contributed by atoms with E-state index in [2.05, 4.69) is 27.2 Å². The van der Waals surface area contributed by atoms with E-state index in [-0.39, 0.29) is 28.4 Å². The first-order valence-corrected chi connectivity index (χ1v) is 11.5. The number of halogens is 2. The third-order valence-electron chi connectivity index (χ3n) is 5.66. The molecule has 0 saturated heterocycles. The van der Waals surface area contributed by atoms with Crippen LogP contribution in [0, 0.1) is 0 Å². The SMILES string of the molecule is C=C(/C(F)=C\C=C(/C)NC(=O)c1ccc(Cl)cn1)[C@@]1(C)N=C(N)S[C@@]2(C(=O)NC3CC3)C=C12. The molecular weight excluding hydrogens is 465 g/mol. The smallest absolute Gasteiger partial charge is 0.273 e. The van der Waals surface area contributed by atoms with Crippen LogP contribution in [-0.2, 0) is 4.79 Å². The van der Waals surface area contributed by atoms with Crippen molar-refractivity contribution in [2.24, 2.45) is 10.7 Å². The van der Waals surface area contributed by atoms with E-state index in [0.717, 1.165) is 24.6 Å². The van der Waals surface area contributed by atoms with Gasteiger partial charge in [0.1, 0.15) is 21.8 Å². The number of aromatic nitrogens is 1. The van der Waals surface area contributed by atoms with Crippen molar-refractivity contribution in [3.05, 3.63) is 76.5 Å². The molecule has 1 aromatic heterocycles. The van der Waals surface area contributed by atoms with E-state index >= 15 is 4.39 Å². The Hall–Kier alpha value is -2.91. The molecule has 0 aromatic carbocycles. The standard InChI is InChI=1S/C23H23ClFN5O2S/c1-12(28-19(31)17-9-5-14(24)11-27-17)4-8-16(25)13(2)22(3)18-10-23(18,33-21(26)30-22)20(32)29-15-6-7-15/h4-5,8-11,15H,2,6-7H2,1,3H3,(H2,26,30)(H,28,31)(H,29,32)/b12-4+,16-8+/t22-,23+/m1/s1. The molecule has 4 N–H and O–H groups in total. The number of hydrogen-bond acceptors (Lipinski definition) is 6. The summed E-state index contributed by atoms with van der Waals surface area (Å²) in [4.78, 5) is 33.4. The van der Waals surface area contributed by atoms with Gasteiger partial charge in [0.05, 0.1) is 5.02 Å². The fourth-order valence-corrected chi connectivity index (χ4v) is 4.84. The zero-order valence-electron chi connectivity index (χ0n) is 18.1. The highest BCUT2D eigenvalue weighted by atomic mass is 35.5. The zero-order chi connectivity index (χ0) is 24.0. The van der Waals surface area contributed by atoms with Gasteiger partial charge in [0.25, 0.3) is 5.91 Å². The number of nitrogens with one attached hydrogen (secondary N) is 2. The third-order valence-corrected chi connectivity index (χ3v) is 7.03. The highest BCUT2D eigenvalue weighted by Gasteiger charge is 2.63. The second-order valence-corrected chi connectivity index (χ2v) is 10.0. The Labute approximate surface area is 200 Å². The molecule has 10 heteroatoms. The maximum Gasteiger partial charge on any atom is 0.273 e. The molecule has 0 unspecified atom stereocenters. The lowest BCUT2D eigenvalue weighted by atomic mass is 9.87. The second kappa shape index (κ2) is 8.46. The topological polar surface area (TPSA) is 109 Å². The van der Waals surface area contributed by atoms with Crippen LogP contribution in [-0.4, -0.2) is 38.3 Å². The minimum absolute atomic E-state index is 0.0767. The van der Waals surface area contributed by atoms with E-state index < -0.39 is 22.0 Å². The molecule has 0 radical (unpaired) electrons. The lowest BCUT2D eigenvalue weighted by molar-refractivity contribution is -0.121. The van der Waals surface area contributed by atoms with Gasteiger partial charge < -0.3 is 16.4 Å². The number of pyridine rings is 1. The van der Waals surface area contributed by atoms with E-state index in [0.29, 0.717) is 16.3 Å². The van der Waals surface area contributed by atoms with E-state index in [1.807, 2.05) is 0 Å². The molecule has 3 aliphatic rings. The molecule has 2 amide bonds. The van der Waals surface area contributed by atoms with Crippen LogP contribution in [0.2, 0.25) is 5.02 Å². The molecule has 0 spiro atoms. The van der Waals surface area contributed by atoms with E-state index in [1.54, 1.807) is 26.0 Å². The summed E-state index contributed by atoms with van der Waals surface area (Å²) in [6, 6.07) is 3.24. The van der Waals surface area contributed by atoms with Crippen LogP contribution in [0.5, 0.6) is 0 Å². The minimum atomic E-state index is -1.17. The molecule has 7 nitrogen and oxygen atoms in total. The molecule has 0 bridgehead atoms. The van der Waals surface area contributed by atoms with Crippen molar-refractivity contribution in [3.63, 3.8) is 0 Å². The summed E-state index contributed by atoms with van der Waals surface area (Å²) in [7, 11) is 0. The molecule has 1 saturated carbocycles. The van der Waals surface area contributed by atoms with Crippen molar-refractivity contribution in [2.75, 3.05) is 0 Å². The zero-order valence-corrected chi connectivity index (χ0v) is 19.7. The largest absolute Gasteiger partial charge is 0.378 e. The van der Waals surface area contributed by atoms with Gasteiger partial charge in [-0.1, -0.05) is 36.0 Å². The van der Waals surface area contributed by atoms with Crippen LogP contribution in [0.15, 0.2) is 70.8 Å². The molecular formula is C23H23ClFN5O2S. The van der Waals surface area contributed by atoms with Gasteiger partial charge in [0.2, 0.25) is 5.91 Å². The molecule has 2 atom stereocenters. The third kappa shape index (κ3) is 4.60. The van der Waals surface area contributed by atoms with E-state index in [1.165, 1.54) is 24.4 Å². The predicted octanol–water partition coefficient (Wildman–Crippen LogP) is 3.56. The number of aliphatic imine (C=N–C) groups is 1. The van der Waals surface area contributed by atoms with Gasteiger partial charge in [0.15, 0.2) is 5.17 Å². The lowest BCUT2D eigenvalue weighted by Crippen LogP contribution is -2.46. The summed E-state index contributed by atoms with van der Waals surface area (Å²) in [6.07, 6.45) is 7.67. The molecule has 2 aliphatic carbocycles. The number of carbonyl (C=O) groups excluding carboxylic acids is 2. The highest BCUT2D eigenvalue weighted by molar-refractivity contribution is 8.16. The van der Waals surface area contributed by atoms with Gasteiger partial charge in [-0.3, -0.25) is 9.59 Å². The second-order valence-electron chi connectivity index (χ2n) is 8.32. The predicted molar refractivity (Wildman–Crippen MR) is 128 cm³/mol. The molecule has 33 heavy (non-hydrogen) atoms. The van der Waals surface area contributed by atoms with Crippen molar-refractivity contribution >= 4 is 40.3 Å². The molecule has 1 aliphatic heterocycles. The van der Waals surface area contributed by atoms with E-state index in [9.17, 15) is 9.59 Å². The Balaban J connectivity index is 1.46. The Morgan fingerprint density at radius 3 is 2.73 bits per heavy atom.